The van der Waals surface area contributed by atoms with Crippen LogP contribution in [0.25, 0.3) is 0 Å². The molecule has 0 fully saturated rings. The summed E-state index contributed by atoms with van der Waals surface area (Å²) in [6.07, 6.45) is 5.34. The highest BCUT2D eigenvalue weighted by Crippen LogP contribution is 2.18. The molecule has 0 heterocycles. The maximum atomic E-state index is 4.08. The van der Waals surface area contributed by atoms with Crippen molar-refractivity contribution in [1.29, 1.82) is 0 Å². The van der Waals surface area contributed by atoms with Crippen molar-refractivity contribution >= 4 is 0 Å². The van der Waals surface area contributed by atoms with Gasteiger partial charge in [-0.15, -0.1) is 0 Å². The van der Waals surface area contributed by atoms with Gasteiger partial charge >= 0.3 is 0 Å². The quantitative estimate of drug-likeness (QED) is 0.549. The molecule has 0 aromatic heterocycles. The molecule has 0 saturated carbocycles. The van der Waals surface area contributed by atoms with Gasteiger partial charge in [-0.05, 0) is 42.9 Å². The summed E-state index contributed by atoms with van der Waals surface area (Å²) in [6, 6.07) is 0. The van der Waals surface area contributed by atoms with Gasteiger partial charge in [0.15, 0.2) is 0 Å². The van der Waals surface area contributed by atoms with E-state index in [-0.39, 0.29) is 0 Å². The van der Waals surface area contributed by atoms with Crippen LogP contribution >= 0.6 is 0 Å². The summed E-state index contributed by atoms with van der Waals surface area (Å²) in [7, 11) is 0. The smallest absolute Gasteiger partial charge is 0.0222 e. The Kier molecular flexibility index (Phi) is 6.00. The average molecular weight is 204 g/mol. The van der Waals surface area contributed by atoms with E-state index >= 15 is 0 Å². The molecule has 0 rings (SSSR count). The Morgan fingerprint density at radius 1 is 1.13 bits per heavy atom. The van der Waals surface area contributed by atoms with Crippen LogP contribution in [0.5, 0.6) is 0 Å². The van der Waals surface area contributed by atoms with Gasteiger partial charge in [-0.1, -0.05) is 51.7 Å². The molecule has 0 spiro atoms. The first-order valence-corrected chi connectivity index (χ1v) is 5.62. The molecule has 84 valence electrons. The molecule has 0 unspecified atom stereocenters. The Labute approximate surface area is 95.1 Å². The van der Waals surface area contributed by atoms with E-state index in [2.05, 4.69) is 59.9 Å². The molecule has 0 aromatic rings. The molecule has 0 amide bonds. The summed E-state index contributed by atoms with van der Waals surface area (Å²) in [5, 5.41) is 0. The highest BCUT2D eigenvalue weighted by atomic mass is 14.1. The maximum absolute atomic E-state index is 4.08. The third-order valence-corrected chi connectivity index (χ3v) is 2.67. The highest BCUT2D eigenvalue weighted by Gasteiger charge is 2.01. The number of hydrogen-bond donors (Lipinski definition) is 0. The molecule has 0 radical (unpaired) electrons. The van der Waals surface area contributed by atoms with E-state index in [9.17, 15) is 0 Å². The van der Waals surface area contributed by atoms with E-state index < -0.39 is 0 Å². The molecule has 15 heavy (non-hydrogen) atoms. The summed E-state index contributed by atoms with van der Waals surface area (Å²) < 4.78 is 0. The van der Waals surface area contributed by atoms with Crippen molar-refractivity contribution in [2.75, 3.05) is 0 Å². The molecular weight excluding hydrogens is 180 g/mol. The fourth-order valence-electron chi connectivity index (χ4n) is 1.35. The van der Waals surface area contributed by atoms with E-state index in [0.29, 0.717) is 5.92 Å². The lowest BCUT2D eigenvalue weighted by Gasteiger charge is -2.09. The van der Waals surface area contributed by atoms with Crippen molar-refractivity contribution in [3.8, 4) is 0 Å². The van der Waals surface area contributed by atoms with Gasteiger partial charge in [-0.25, -0.2) is 0 Å². The molecule has 0 nitrogen and oxygen atoms in total. The zero-order chi connectivity index (χ0) is 12.0. The SMILES string of the molecule is C=C(C)C(=CC=C(C)C(=C)C(C)C)CC. The molecule has 0 atom stereocenters. The van der Waals surface area contributed by atoms with Crippen LogP contribution in [-0.2, 0) is 0 Å². The Balaban J connectivity index is 4.77. The van der Waals surface area contributed by atoms with Gasteiger partial charge in [0.2, 0.25) is 0 Å². The van der Waals surface area contributed by atoms with Gasteiger partial charge in [0.05, 0.1) is 0 Å². The van der Waals surface area contributed by atoms with Gasteiger partial charge < -0.3 is 0 Å². The van der Waals surface area contributed by atoms with Crippen LogP contribution in [0.2, 0.25) is 0 Å². The fraction of sp³-hybridized carbons (Fsp3) is 0.467. The van der Waals surface area contributed by atoms with Crippen molar-refractivity contribution in [2.24, 2.45) is 5.92 Å². The minimum absolute atomic E-state index is 0.518. The van der Waals surface area contributed by atoms with E-state index in [1.807, 2.05) is 0 Å². The van der Waals surface area contributed by atoms with Gasteiger partial charge in [0.25, 0.3) is 0 Å². The third kappa shape index (κ3) is 4.83. The van der Waals surface area contributed by atoms with E-state index in [1.165, 1.54) is 16.7 Å². The first-order chi connectivity index (χ1) is 6.90. The molecule has 0 aliphatic heterocycles. The van der Waals surface area contributed by atoms with Gasteiger partial charge in [0.1, 0.15) is 0 Å². The summed E-state index contributed by atoms with van der Waals surface area (Å²) in [4.78, 5) is 0. The molecule has 0 N–H and O–H groups in total. The van der Waals surface area contributed by atoms with Crippen LogP contribution in [0.15, 0.2) is 47.6 Å². The van der Waals surface area contributed by atoms with Gasteiger partial charge in [-0.3, -0.25) is 0 Å². The molecule has 0 aromatic carbocycles. The average Bonchev–Trinajstić information content (AvgIpc) is 2.16. The largest absolute Gasteiger partial charge is 0.0958 e. The van der Waals surface area contributed by atoms with E-state index in [1.54, 1.807) is 0 Å². The summed E-state index contributed by atoms with van der Waals surface area (Å²) >= 11 is 0. The number of rotatable bonds is 5. The van der Waals surface area contributed by atoms with E-state index in [4.69, 9.17) is 0 Å². The number of allylic oxidation sites excluding steroid dienone is 6. The summed E-state index contributed by atoms with van der Waals surface area (Å²) in [5.41, 5.74) is 4.93. The standard InChI is InChI=1S/C15H24/c1-8-15(12(4)5)10-9-13(6)14(7)11(2)3/h9-11H,4,7-8H2,1-3,5-6H3. The molecular formula is C15H24. The van der Waals surface area contributed by atoms with Crippen LogP contribution in [0.4, 0.5) is 0 Å². The van der Waals surface area contributed by atoms with Crippen molar-refractivity contribution in [3.63, 3.8) is 0 Å². The van der Waals surface area contributed by atoms with Crippen molar-refractivity contribution in [1.82, 2.24) is 0 Å². The number of hydrogen-bond acceptors (Lipinski definition) is 0. The zero-order valence-electron chi connectivity index (χ0n) is 10.9. The molecule has 0 heteroatoms. The first kappa shape index (κ1) is 14.0. The summed E-state index contributed by atoms with van der Waals surface area (Å²) in [5.74, 6) is 0.518. The van der Waals surface area contributed by atoms with Crippen molar-refractivity contribution in [2.45, 2.75) is 41.0 Å². The van der Waals surface area contributed by atoms with Crippen LogP contribution in [0.3, 0.4) is 0 Å². The lowest BCUT2D eigenvalue weighted by atomic mass is 9.97. The maximum Gasteiger partial charge on any atom is -0.0222 e. The summed E-state index contributed by atoms with van der Waals surface area (Å²) in [6.45, 7) is 18.7. The first-order valence-electron chi connectivity index (χ1n) is 5.62. The predicted molar refractivity (Wildman–Crippen MR) is 70.9 cm³/mol. The second-order valence-electron chi connectivity index (χ2n) is 4.36. The van der Waals surface area contributed by atoms with Crippen LogP contribution < -0.4 is 0 Å². The van der Waals surface area contributed by atoms with E-state index in [0.717, 1.165) is 12.0 Å². The van der Waals surface area contributed by atoms with Crippen molar-refractivity contribution in [3.05, 3.63) is 47.6 Å². The van der Waals surface area contributed by atoms with Crippen LogP contribution in [-0.4, -0.2) is 0 Å². The van der Waals surface area contributed by atoms with Crippen LogP contribution in [0.1, 0.15) is 41.0 Å². The molecule has 0 aliphatic rings. The predicted octanol–water partition coefficient (Wildman–Crippen LogP) is 5.06. The lowest BCUT2D eigenvalue weighted by molar-refractivity contribution is 0.781. The second-order valence-corrected chi connectivity index (χ2v) is 4.36. The topological polar surface area (TPSA) is 0 Å². The molecule has 0 aliphatic carbocycles. The Morgan fingerprint density at radius 3 is 2.00 bits per heavy atom. The van der Waals surface area contributed by atoms with Gasteiger partial charge in [0, 0.05) is 0 Å². The minimum atomic E-state index is 0.518. The van der Waals surface area contributed by atoms with Gasteiger partial charge in [-0.2, -0.15) is 0 Å². The lowest BCUT2D eigenvalue weighted by Crippen LogP contribution is -1.93. The zero-order valence-corrected chi connectivity index (χ0v) is 10.9. The molecule has 0 bridgehead atoms. The van der Waals surface area contributed by atoms with Crippen molar-refractivity contribution < 1.29 is 0 Å². The Hall–Kier alpha value is -1.04. The normalized spacial score (nSPS) is 13.2. The Morgan fingerprint density at radius 2 is 1.67 bits per heavy atom. The van der Waals surface area contributed by atoms with Crippen LogP contribution in [0, 0.1) is 5.92 Å². The third-order valence-electron chi connectivity index (χ3n) is 2.67. The molecule has 0 saturated heterocycles. The Bertz CT molecular complexity index is 298. The minimum Gasteiger partial charge on any atom is -0.0958 e. The highest BCUT2D eigenvalue weighted by molar-refractivity contribution is 5.36. The second kappa shape index (κ2) is 6.44. The fourth-order valence-corrected chi connectivity index (χ4v) is 1.35. The monoisotopic (exact) mass is 204 g/mol.